The first-order valence-corrected chi connectivity index (χ1v) is 23.1. The average Bonchev–Trinajstić information content (AvgIpc) is 4.12. The molecule has 0 saturated carbocycles. The van der Waals surface area contributed by atoms with Crippen LogP contribution in [0.25, 0.3) is 132 Å². The summed E-state index contributed by atoms with van der Waals surface area (Å²) in [6.07, 6.45) is 0. The number of hydrogen-bond acceptors (Lipinski definition) is 6. The minimum atomic E-state index is -0.284. The highest BCUT2D eigenvalue weighted by Gasteiger charge is 2.36. The van der Waals surface area contributed by atoms with Crippen molar-refractivity contribution in [3.8, 4) is 67.5 Å². The quantitative estimate of drug-likeness (QED) is 0.172. The molecule has 6 heteroatoms. The van der Waals surface area contributed by atoms with Gasteiger partial charge in [-0.2, -0.15) is 0 Å². The van der Waals surface area contributed by atoms with Gasteiger partial charge >= 0.3 is 0 Å². The number of benzene rings is 9. The molecule has 14 rings (SSSR count). The second-order valence-corrected chi connectivity index (χ2v) is 18.9. The Hall–Kier alpha value is -8.19. The molecule has 5 nitrogen and oxygen atoms in total. The van der Waals surface area contributed by atoms with Crippen molar-refractivity contribution in [2.24, 2.45) is 0 Å². The van der Waals surface area contributed by atoms with Crippen LogP contribution in [0.1, 0.15) is 25.0 Å². The standard InChI is InChI=1S/C60H37N3O2S/c1-60(2)46-32-36(34-24-26-35(27-25-34)38-15-11-23-53-56(38)43-14-5-8-22-52(43)66-53)28-30-39(46)40-31-29-37(33-47(40)60)57-61-58(44-16-9-20-50-54(44)41-12-3-6-18-48(41)64-50)63-59(62-57)45-17-10-21-51-55(45)42-13-4-7-19-49(42)65-51/h3-33H,1-2H3. The van der Waals surface area contributed by atoms with E-state index in [1.807, 2.05) is 72.0 Å². The first kappa shape index (κ1) is 37.2. The Morgan fingerprint density at radius 1 is 0.348 bits per heavy atom. The smallest absolute Gasteiger partial charge is 0.164 e. The molecule has 0 N–H and O–H groups in total. The molecule has 0 atom stereocenters. The first-order valence-electron chi connectivity index (χ1n) is 22.3. The second-order valence-electron chi connectivity index (χ2n) is 17.9. The monoisotopic (exact) mass is 863 g/mol. The van der Waals surface area contributed by atoms with Crippen LogP contribution in [0.3, 0.4) is 0 Å². The zero-order valence-electron chi connectivity index (χ0n) is 36.0. The summed E-state index contributed by atoms with van der Waals surface area (Å²) in [6.45, 7) is 4.67. The van der Waals surface area contributed by atoms with Crippen molar-refractivity contribution in [1.29, 1.82) is 0 Å². The summed E-state index contributed by atoms with van der Waals surface area (Å²) in [5.41, 5.74) is 15.6. The molecular formula is C60H37N3O2S. The lowest BCUT2D eigenvalue weighted by Gasteiger charge is -2.22. The van der Waals surface area contributed by atoms with Crippen LogP contribution in [-0.4, -0.2) is 15.0 Å². The van der Waals surface area contributed by atoms with Crippen molar-refractivity contribution in [3.05, 3.63) is 199 Å². The predicted molar refractivity (Wildman–Crippen MR) is 272 cm³/mol. The van der Waals surface area contributed by atoms with Crippen molar-refractivity contribution < 1.29 is 8.83 Å². The fourth-order valence-electron chi connectivity index (χ4n) is 10.6. The summed E-state index contributed by atoms with van der Waals surface area (Å²) in [4.78, 5) is 15.9. The second kappa shape index (κ2) is 13.9. The van der Waals surface area contributed by atoms with Crippen LogP contribution in [0.15, 0.2) is 197 Å². The summed E-state index contributed by atoms with van der Waals surface area (Å²) < 4.78 is 15.3. The molecule has 0 radical (unpaired) electrons. The van der Waals surface area contributed by atoms with Crippen LogP contribution in [0.2, 0.25) is 0 Å². The normalized spacial score (nSPS) is 13.1. The lowest BCUT2D eigenvalue weighted by molar-refractivity contribution is 0.660. The zero-order chi connectivity index (χ0) is 43.7. The highest BCUT2D eigenvalue weighted by molar-refractivity contribution is 7.25. The molecule has 9 aromatic carbocycles. The van der Waals surface area contributed by atoms with E-state index in [1.165, 1.54) is 64.7 Å². The van der Waals surface area contributed by atoms with Gasteiger partial charge in [-0.3, -0.25) is 0 Å². The van der Waals surface area contributed by atoms with Gasteiger partial charge in [0.15, 0.2) is 17.5 Å². The van der Waals surface area contributed by atoms with Gasteiger partial charge in [-0.05, 0) is 93.0 Å². The molecule has 1 aliphatic carbocycles. The minimum absolute atomic E-state index is 0.284. The van der Waals surface area contributed by atoms with Gasteiger partial charge in [0.25, 0.3) is 0 Å². The van der Waals surface area contributed by atoms with Crippen molar-refractivity contribution >= 4 is 75.4 Å². The molecule has 1 aliphatic rings. The molecule has 4 aromatic heterocycles. The third-order valence-corrected chi connectivity index (χ3v) is 14.9. The fourth-order valence-corrected chi connectivity index (χ4v) is 11.7. The van der Waals surface area contributed by atoms with E-state index in [0.29, 0.717) is 17.5 Å². The SMILES string of the molecule is CC1(C)c2cc(-c3ccc(-c4cccc5sc6ccccc6c45)cc3)ccc2-c2ccc(-c3nc(-c4cccc5oc6ccccc6c45)nc(-c4cccc5oc6ccccc6c45)n3)cc21. The fraction of sp³-hybridized carbons (Fsp3) is 0.0500. The molecule has 0 aliphatic heterocycles. The molecule has 0 saturated heterocycles. The molecule has 0 fully saturated rings. The third kappa shape index (κ3) is 5.49. The van der Waals surface area contributed by atoms with E-state index in [1.54, 1.807) is 0 Å². The molecular weight excluding hydrogens is 827 g/mol. The maximum atomic E-state index is 6.34. The van der Waals surface area contributed by atoms with Gasteiger partial charge in [-0.1, -0.05) is 153 Å². The Morgan fingerprint density at radius 3 is 1.47 bits per heavy atom. The highest BCUT2D eigenvalue weighted by atomic mass is 32.1. The molecule has 310 valence electrons. The largest absolute Gasteiger partial charge is 0.456 e. The van der Waals surface area contributed by atoms with Gasteiger partial charge in [0.05, 0.1) is 0 Å². The van der Waals surface area contributed by atoms with Crippen LogP contribution < -0.4 is 0 Å². The van der Waals surface area contributed by atoms with Crippen molar-refractivity contribution in [2.75, 3.05) is 0 Å². The van der Waals surface area contributed by atoms with Gasteiger partial charge in [0.1, 0.15) is 22.3 Å². The molecule has 0 amide bonds. The van der Waals surface area contributed by atoms with E-state index in [0.717, 1.165) is 60.6 Å². The maximum absolute atomic E-state index is 6.34. The van der Waals surface area contributed by atoms with Crippen LogP contribution in [-0.2, 0) is 5.41 Å². The van der Waals surface area contributed by atoms with Crippen molar-refractivity contribution in [2.45, 2.75) is 19.3 Å². The summed E-state index contributed by atoms with van der Waals surface area (Å²) in [6, 6.07) is 66.7. The average molecular weight is 864 g/mol. The molecule has 66 heavy (non-hydrogen) atoms. The zero-order valence-corrected chi connectivity index (χ0v) is 36.8. The highest BCUT2D eigenvalue weighted by Crippen LogP contribution is 2.51. The number of aromatic nitrogens is 3. The lowest BCUT2D eigenvalue weighted by Crippen LogP contribution is -2.15. The molecule has 4 heterocycles. The van der Waals surface area contributed by atoms with E-state index in [4.69, 9.17) is 23.8 Å². The topological polar surface area (TPSA) is 65.0 Å². The minimum Gasteiger partial charge on any atom is -0.456 e. The summed E-state index contributed by atoms with van der Waals surface area (Å²) in [5.74, 6) is 1.76. The molecule has 0 bridgehead atoms. The van der Waals surface area contributed by atoms with Crippen LogP contribution in [0.4, 0.5) is 0 Å². The molecule has 0 unspecified atom stereocenters. The number of furan rings is 2. The summed E-state index contributed by atoms with van der Waals surface area (Å²) in [5, 5.41) is 6.65. The van der Waals surface area contributed by atoms with E-state index in [9.17, 15) is 0 Å². The van der Waals surface area contributed by atoms with Gasteiger partial charge in [-0.25, -0.2) is 15.0 Å². The van der Waals surface area contributed by atoms with Crippen LogP contribution in [0.5, 0.6) is 0 Å². The Morgan fingerprint density at radius 2 is 0.818 bits per heavy atom. The number of para-hydroxylation sites is 2. The summed E-state index contributed by atoms with van der Waals surface area (Å²) in [7, 11) is 0. The Kier molecular flexibility index (Phi) is 7.84. The Labute approximate surface area is 383 Å². The Bertz CT molecular complexity index is 4020. The van der Waals surface area contributed by atoms with Crippen LogP contribution in [0, 0.1) is 0 Å². The van der Waals surface area contributed by atoms with Gasteiger partial charge in [0, 0.05) is 63.8 Å². The first-order chi connectivity index (χ1) is 32.4. The van der Waals surface area contributed by atoms with E-state index < -0.39 is 0 Å². The number of nitrogens with zero attached hydrogens (tertiary/aromatic N) is 3. The lowest BCUT2D eigenvalue weighted by atomic mass is 9.81. The van der Waals surface area contributed by atoms with Crippen molar-refractivity contribution in [3.63, 3.8) is 0 Å². The number of fused-ring (bicyclic) bond motifs is 12. The number of hydrogen-bond donors (Lipinski definition) is 0. The van der Waals surface area contributed by atoms with Gasteiger partial charge < -0.3 is 8.83 Å². The van der Waals surface area contributed by atoms with E-state index >= 15 is 0 Å². The van der Waals surface area contributed by atoms with E-state index in [-0.39, 0.29) is 5.41 Å². The van der Waals surface area contributed by atoms with Crippen LogP contribution >= 0.6 is 11.3 Å². The number of rotatable bonds is 5. The molecule has 0 spiro atoms. The van der Waals surface area contributed by atoms with E-state index in [2.05, 4.69) is 141 Å². The van der Waals surface area contributed by atoms with Gasteiger partial charge in [-0.15, -0.1) is 11.3 Å². The summed E-state index contributed by atoms with van der Waals surface area (Å²) >= 11 is 1.86. The molecule has 13 aromatic rings. The predicted octanol–water partition coefficient (Wildman–Crippen LogP) is 16.7. The maximum Gasteiger partial charge on any atom is 0.164 e. The third-order valence-electron chi connectivity index (χ3n) is 13.8. The van der Waals surface area contributed by atoms with Crippen molar-refractivity contribution in [1.82, 2.24) is 15.0 Å². The van der Waals surface area contributed by atoms with Gasteiger partial charge in [0.2, 0.25) is 0 Å². The Balaban J connectivity index is 0.880. The number of thiophene rings is 1.